The second-order valence-corrected chi connectivity index (χ2v) is 7.46. The van der Waals surface area contributed by atoms with Crippen molar-refractivity contribution in [1.29, 1.82) is 0 Å². The number of fused-ring (bicyclic) bond motifs is 1. The molecule has 1 aliphatic heterocycles. The van der Waals surface area contributed by atoms with Crippen molar-refractivity contribution in [2.24, 2.45) is 0 Å². The number of hydrogen-bond acceptors (Lipinski definition) is 4. The minimum Gasteiger partial charge on any atom is -0.306 e. The summed E-state index contributed by atoms with van der Waals surface area (Å²) in [5.74, 6) is 2.06. The molecule has 3 rings (SSSR count). The molecule has 2 aromatic heterocycles. The normalized spacial score (nSPS) is 15.7. The van der Waals surface area contributed by atoms with Crippen molar-refractivity contribution in [2.75, 3.05) is 12.3 Å². The summed E-state index contributed by atoms with van der Waals surface area (Å²) >= 11 is 3.82. The second-order valence-electron chi connectivity index (χ2n) is 5.18. The van der Waals surface area contributed by atoms with Crippen LogP contribution in [0.2, 0.25) is 0 Å². The van der Waals surface area contributed by atoms with Crippen LogP contribution in [0.5, 0.6) is 0 Å². The largest absolute Gasteiger partial charge is 0.306 e. The molecule has 3 heterocycles. The van der Waals surface area contributed by atoms with Crippen LogP contribution in [0.4, 0.5) is 4.39 Å². The molecule has 0 aliphatic carbocycles. The molecular weight excluding hydrogens is 303 g/mol. The fraction of sp³-hybridized carbons (Fsp3) is 0.438. The summed E-state index contributed by atoms with van der Waals surface area (Å²) < 4.78 is 14.1. The zero-order chi connectivity index (χ0) is 14.7. The van der Waals surface area contributed by atoms with Crippen LogP contribution >= 0.6 is 23.1 Å². The first kappa shape index (κ1) is 15.0. The number of nitrogens with zero attached hydrogens (tertiary/aromatic N) is 1. The van der Waals surface area contributed by atoms with Crippen LogP contribution in [-0.2, 0) is 12.2 Å². The Balaban J connectivity index is 1.95. The molecule has 1 unspecified atom stereocenters. The Kier molecular flexibility index (Phi) is 4.93. The molecule has 2 nitrogen and oxygen atoms in total. The van der Waals surface area contributed by atoms with Gasteiger partial charge in [-0.25, -0.2) is 4.39 Å². The van der Waals surface area contributed by atoms with Crippen LogP contribution in [0.3, 0.4) is 0 Å². The van der Waals surface area contributed by atoms with E-state index in [1.54, 1.807) is 12.3 Å². The first-order valence-electron chi connectivity index (χ1n) is 7.31. The van der Waals surface area contributed by atoms with Crippen LogP contribution < -0.4 is 5.32 Å². The number of halogens is 1. The minimum atomic E-state index is -0.230. The number of rotatable bonds is 5. The van der Waals surface area contributed by atoms with E-state index in [0.29, 0.717) is 5.56 Å². The first-order valence-corrected chi connectivity index (χ1v) is 9.28. The highest BCUT2D eigenvalue weighted by Crippen LogP contribution is 2.36. The van der Waals surface area contributed by atoms with Gasteiger partial charge in [-0.15, -0.1) is 11.3 Å². The first-order chi connectivity index (χ1) is 10.3. The van der Waals surface area contributed by atoms with Gasteiger partial charge >= 0.3 is 0 Å². The van der Waals surface area contributed by atoms with Gasteiger partial charge in [0.25, 0.3) is 0 Å². The monoisotopic (exact) mass is 322 g/mol. The topological polar surface area (TPSA) is 24.9 Å². The van der Waals surface area contributed by atoms with Crippen LogP contribution in [-0.4, -0.2) is 17.3 Å². The van der Waals surface area contributed by atoms with Gasteiger partial charge < -0.3 is 5.32 Å². The molecule has 21 heavy (non-hydrogen) atoms. The van der Waals surface area contributed by atoms with E-state index in [1.165, 1.54) is 27.3 Å². The molecule has 5 heteroatoms. The number of hydrogen-bond donors (Lipinski definition) is 1. The summed E-state index contributed by atoms with van der Waals surface area (Å²) in [5, 5.41) is 3.49. The molecule has 0 saturated heterocycles. The maximum atomic E-state index is 14.1. The molecule has 0 bridgehead atoms. The van der Waals surface area contributed by atoms with Crippen LogP contribution in [0.1, 0.15) is 40.3 Å². The van der Waals surface area contributed by atoms with E-state index in [2.05, 4.69) is 23.3 Å². The molecule has 1 aliphatic rings. The standard InChI is InChI=1S/C16H19FN2S2/c1-2-5-19-16(12-3-6-18-9-13(12)17)15-8-11-10-20-7-4-14(11)21-15/h3,6,8-9,16,19H,2,4-5,7,10H2,1H3. The van der Waals surface area contributed by atoms with Gasteiger partial charge in [0.15, 0.2) is 0 Å². The van der Waals surface area contributed by atoms with E-state index in [1.807, 2.05) is 23.1 Å². The summed E-state index contributed by atoms with van der Waals surface area (Å²) in [5.41, 5.74) is 2.13. The van der Waals surface area contributed by atoms with Gasteiger partial charge in [0.2, 0.25) is 0 Å². The molecule has 1 N–H and O–H groups in total. The Hall–Kier alpha value is -0.910. The average Bonchev–Trinajstić information content (AvgIpc) is 2.93. The Morgan fingerprint density at radius 2 is 2.38 bits per heavy atom. The minimum absolute atomic E-state index is 0.0615. The van der Waals surface area contributed by atoms with E-state index in [-0.39, 0.29) is 11.9 Å². The smallest absolute Gasteiger partial charge is 0.146 e. The molecule has 0 fully saturated rings. The van der Waals surface area contributed by atoms with Gasteiger partial charge in [-0.2, -0.15) is 11.8 Å². The van der Waals surface area contributed by atoms with Crippen molar-refractivity contribution < 1.29 is 4.39 Å². The number of pyridine rings is 1. The van der Waals surface area contributed by atoms with Gasteiger partial charge in [0.05, 0.1) is 12.2 Å². The number of aromatic nitrogens is 1. The molecule has 0 spiro atoms. The molecule has 112 valence electrons. The maximum Gasteiger partial charge on any atom is 0.146 e. The summed E-state index contributed by atoms with van der Waals surface area (Å²) in [6, 6.07) is 3.99. The molecule has 0 aromatic carbocycles. The lowest BCUT2D eigenvalue weighted by Gasteiger charge is -2.18. The van der Waals surface area contributed by atoms with Gasteiger partial charge in [-0.3, -0.25) is 4.98 Å². The van der Waals surface area contributed by atoms with Crippen LogP contribution in [0.15, 0.2) is 24.5 Å². The highest BCUT2D eigenvalue weighted by Gasteiger charge is 2.22. The van der Waals surface area contributed by atoms with Gasteiger partial charge in [-0.05, 0) is 42.8 Å². The maximum absolute atomic E-state index is 14.1. The van der Waals surface area contributed by atoms with E-state index in [9.17, 15) is 4.39 Å². The molecule has 0 amide bonds. The molecule has 2 aromatic rings. The predicted molar refractivity (Wildman–Crippen MR) is 88.5 cm³/mol. The number of aryl methyl sites for hydroxylation is 1. The molecule has 0 radical (unpaired) electrons. The van der Waals surface area contributed by atoms with E-state index >= 15 is 0 Å². The zero-order valence-electron chi connectivity index (χ0n) is 12.1. The van der Waals surface area contributed by atoms with Gasteiger partial charge in [0.1, 0.15) is 5.82 Å². The number of nitrogens with one attached hydrogen (secondary N) is 1. The van der Waals surface area contributed by atoms with Gasteiger partial charge in [0, 0.05) is 27.3 Å². The van der Waals surface area contributed by atoms with Crippen LogP contribution in [0.25, 0.3) is 0 Å². The van der Waals surface area contributed by atoms with E-state index < -0.39 is 0 Å². The van der Waals surface area contributed by atoms with Crippen molar-refractivity contribution in [3.63, 3.8) is 0 Å². The Morgan fingerprint density at radius 3 is 3.14 bits per heavy atom. The lowest BCUT2D eigenvalue weighted by Crippen LogP contribution is -2.23. The highest BCUT2D eigenvalue weighted by molar-refractivity contribution is 7.98. The summed E-state index contributed by atoms with van der Waals surface area (Å²) in [6.07, 6.45) is 5.15. The number of thiophene rings is 1. The number of thioether (sulfide) groups is 1. The fourth-order valence-corrected chi connectivity index (χ4v) is 5.06. The third-order valence-corrected chi connectivity index (χ3v) is 5.95. The highest BCUT2D eigenvalue weighted by atomic mass is 32.2. The Morgan fingerprint density at radius 1 is 1.48 bits per heavy atom. The third-order valence-electron chi connectivity index (χ3n) is 3.64. The van der Waals surface area contributed by atoms with E-state index in [0.717, 1.165) is 25.1 Å². The van der Waals surface area contributed by atoms with Crippen molar-refractivity contribution in [3.8, 4) is 0 Å². The summed E-state index contributed by atoms with van der Waals surface area (Å²) in [4.78, 5) is 6.56. The van der Waals surface area contributed by atoms with E-state index in [4.69, 9.17) is 0 Å². The van der Waals surface area contributed by atoms with Crippen molar-refractivity contribution in [1.82, 2.24) is 10.3 Å². The summed E-state index contributed by atoms with van der Waals surface area (Å²) in [6.45, 7) is 3.01. The lowest BCUT2D eigenvalue weighted by molar-refractivity contribution is 0.547. The predicted octanol–water partition coefficient (Wildman–Crippen LogP) is 4.16. The second kappa shape index (κ2) is 6.90. The Bertz CT molecular complexity index is 589. The quantitative estimate of drug-likeness (QED) is 0.895. The molecular formula is C16H19FN2S2. The average molecular weight is 322 g/mol. The molecule has 0 saturated carbocycles. The lowest BCUT2D eigenvalue weighted by atomic mass is 10.1. The van der Waals surface area contributed by atoms with Gasteiger partial charge in [-0.1, -0.05) is 6.92 Å². The SMILES string of the molecule is CCCNC(c1cc2c(s1)CCSC2)c1ccncc1F. The molecule has 1 atom stereocenters. The van der Waals surface area contributed by atoms with Crippen LogP contribution in [0, 0.1) is 5.82 Å². The van der Waals surface area contributed by atoms with Crippen molar-refractivity contribution in [2.45, 2.75) is 31.6 Å². The fourth-order valence-electron chi connectivity index (χ4n) is 2.59. The van der Waals surface area contributed by atoms with Crippen molar-refractivity contribution in [3.05, 3.63) is 51.2 Å². The third kappa shape index (κ3) is 3.30. The van der Waals surface area contributed by atoms with Crippen molar-refractivity contribution >= 4 is 23.1 Å². The Labute approximate surface area is 133 Å². The summed E-state index contributed by atoms with van der Waals surface area (Å²) in [7, 11) is 0. The zero-order valence-corrected chi connectivity index (χ0v) is 13.7.